The van der Waals surface area contributed by atoms with Gasteiger partial charge in [-0.1, -0.05) is 11.6 Å². The summed E-state index contributed by atoms with van der Waals surface area (Å²) in [6, 6.07) is -0.859. The first-order valence-electron chi connectivity index (χ1n) is 3.74. The van der Waals surface area contributed by atoms with Gasteiger partial charge < -0.3 is 10.8 Å². The first kappa shape index (κ1) is 12.1. The van der Waals surface area contributed by atoms with Gasteiger partial charge in [0.1, 0.15) is 6.04 Å². The molecule has 84 valence electrons. The van der Waals surface area contributed by atoms with Gasteiger partial charge in [0.25, 0.3) is 0 Å². The van der Waals surface area contributed by atoms with Crippen molar-refractivity contribution in [1.82, 2.24) is 0 Å². The highest BCUT2D eigenvalue weighted by Gasteiger charge is 2.41. The van der Waals surface area contributed by atoms with Crippen LogP contribution in [0, 0.1) is 5.82 Å². The monoisotopic (exact) mass is 243 g/mol. The van der Waals surface area contributed by atoms with E-state index < -0.39 is 34.4 Å². The van der Waals surface area contributed by atoms with Gasteiger partial charge in [0.15, 0.2) is 11.6 Å². The maximum absolute atomic E-state index is 12.8. The Bertz CT molecular complexity index is 380. The molecule has 0 aliphatic carbocycles. The minimum atomic E-state index is -4.80. The normalized spacial score (nSPS) is 14.0. The Balaban J connectivity index is 3.31. The number of aromatic hydroxyl groups is 1. The highest BCUT2D eigenvalue weighted by Crippen LogP contribution is 2.39. The van der Waals surface area contributed by atoms with Crippen molar-refractivity contribution in [2.45, 2.75) is 12.2 Å². The van der Waals surface area contributed by atoms with Gasteiger partial charge in [0.2, 0.25) is 0 Å². The first-order chi connectivity index (χ1) is 6.75. The lowest BCUT2D eigenvalue weighted by Crippen LogP contribution is -2.29. The van der Waals surface area contributed by atoms with E-state index in [2.05, 4.69) is 0 Å². The van der Waals surface area contributed by atoms with Crippen LogP contribution in [0.1, 0.15) is 11.6 Å². The molecule has 1 aromatic carbocycles. The Morgan fingerprint density at radius 1 is 1.33 bits per heavy atom. The molecule has 2 nitrogen and oxygen atoms in total. The van der Waals surface area contributed by atoms with Gasteiger partial charge in [-0.05, 0) is 12.1 Å². The number of benzene rings is 1. The second-order valence-corrected chi connectivity index (χ2v) is 3.22. The summed E-state index contributed by atoms with van der Waals surface area (Å²) in [5.74, 6) is -2.37. The lowest BCUT2D eigenvalue weighted by Gasteiger charge is -2.18. The largest absolute Gasteiger partial charge is 0.505 e. The summed E-state index contributed by atoms with van der Waals surface area (Å²) in [7, 11) is 0. The average Bonchev–Trinajstić information content (AvgIpc) is 2.10. The summed E-state index contributed by atoms with van der Waals surface area (Å²) in [6.45, 7) is 0. The van der Waals surface area contributed by atoms with Crippen LogP contribution in [0.4, 0.5) is 17.6 Å². The molecule has 15 heavy (non-hydrogen) atoms. The van der Waals surface area contributed by atoms with Crippen LogP contribution in [0.2, 0.25) is 5.02 Å². The third kappa shape index (κ3) is 2.32. The second-order valence-electron chi connectivity index (χ2n) is 2.81. The van der Waals surface area contributed by atoms with Gasteiger partial charge >= 0.3 is 6.18 Å². The molecule has 0 aromatic heterocycles. The lowest BCUT2D eigenvalue weighted by molar-refractivity contribution is -0.149. The standard InChI is InChI=1S/C8H6ClF4NO/c9-3-1-2-4(10)6(15)5(3)7(14)8(11,12)13/h1-2,7,15H,14H2/t7-/m0/s1. The molecule has 0 aliphatic heterocycles. The molecule has 0 saturated carbocycles. The summed E-state index contributed by atoms with van der Waals surface area (Å²) in [5, 5.41) is 8.64. The highest BCUT2D eigenvalue weighted by molar-refractivity contribution is 6.31. The van der Waals surface area contributed by atoms with Crippen molar-refractivity contribution in [3.63, 3.8) is 0 Å². The van der Waals surface area contributed by atoms with E-state index in [1.54, 1.807) is 0 Å². The fraction of sp³-hybridized carbons (Fsp3) is 0.250. The van der Waals surface area contributed by atoms with Crippen molar-refractivity contribution in [3.05, 3.63) is 28.5 Å². The van der Waals surface area contributed by atoms with Crippen LogP contribution in [-0.4, -0.2) is 11.3 Å². The molecule has 0 heterocycles. The fourth-order valence-electron chi connectivity index (χ4n) is 1.02. The number of phenols is 1. The second kappa shape index (κ2) is 3.86. The van der Waals surface area contributed by atoms with Gasteiger partial charge in [0, 0.05) is 10.6 Å². The SMILES string of the molecule is N[C@@H](c1c(Cl)ccc(F)c1O)C(F)(F)F. The molecule has 1 rings (SSSR count). The molecule has 3 N–H and O–H groups in total. The molecule has 0 fully saturated rings. The van der Waals surface area contributed by atoms with Gasteiger partial charge in [-0.25, -0.2) is 4.39 Å². The van der Waals surface area contributed by atoms with Crippen LogP contribution >= 0.6 is 11.6 Å². The van der Waals surface area contributed by atoms with E-state index in [9.17, 15) is 17.6 Å². The molecular weight excluding hydrogens is 238 g/mol. The zero-order chi connectivity index (χ0) is 11.8. The Morgan fingerprint density at radius 3 is 2.33 bits per heavy atom. The molecule has 0 unspecified atom stereocenters. The number of nitrogens with two attached hydrogens (primary N) is 1. The smallest absolute Gasteiger partial charge is 0.407 e. The van der Waals surface area contributed by atoms with Gasteiger partial charge in [-0.15, -0.1) is 0 Å². The third-order valence-electron chi connectivity index (χ3n) is 1.78. The number of hydrogen-bond donors (Lipinski definition) is 2. The average molecular weight is 244 g/mol. The Kier molecular flexibility index (Phi) is 3.11. The third-order valence-corrected chi connectivity index (χ3v) is 2.11. The van der Waals surface area contributed by atoms with E-state index in [1.807, 2.05) is 0 Å². The highest BCUT2D eigenvalue weighted by atomic mass is 35.5. The van der Waals surface area contributed by atoms with Crippen molar-refractivity contribution in [2.75, 3.05) is 0 Å². The molecule has 0 saturated heterocycles. The molecule has 0 bridgehead atoms. The number of rotatable bonds is 1. The van der Waals surface area contributed by atoms with Crippen LogP contribution in [-0.2, 0) is 0 Å². The van der Waals surface area contributed by atoms with E-state index in [1.165, 1.54) is 0 Å². The topological polar surface area (TPSA) is 46.2 Å². The molecule has 1 aromatic rings. The number of phenolic OH excluding ortho intramolecular Hbond substituents is 1. The zero-order valence-corrected chi connectivity index (χ0v) is 7.90. The minimum Gasteiger partial charge on any atom is -0.505 e. The molecule has 0 spiro atoms. The van der Waals surface area contributed by atoms with Crippen LogP contribution < -0.4 is 5.73 Å². The van der Waals surface area contributed by atoms with E-state index in [-0.39, 0.29) is 0 Å². The number of alkyl halides is 3. The molecule has 7 heteroatoms. The summed E-state index contributed by atoms with van der Waals surface area (Å²) < 4.78 is 49.4. The molecule has 0 amide bonds. The molecule has 1 atom stereocenters. The Hall–Kier alpha value is -1.01. The summed E-state index contributed by atoms with van der Waals surface area (Å²) in [5.41, 5.74) is 3.95. The van der Waals surface area contributed by atoms with Crippen LogP contribution in [0.25, 0.3) is 0 Å². The van der Waals surface area contributed by atoms with Gasteiger partial charge in [-0.2, -0.15) is 13.2 Å². The zero-order valence-electron chi connectivity index (χ0n) is 7.15. The van der Waals surface area contributed by atoms with Crippen LogP contribution in [0.5, 0.6) is 5.75 Å². The maximum atomic E-state index is 12.8. The quantitative estimate of drug-likeness (QED) is 0.745. The van der Waals surface area contributed by atoms with E-state index in [0.717, 1.165) is 12.1 Å². The predicted octanol–water partition coefficient (Wildman–Crippen LogP) is 2.75. The molecule has 0 aliphatic rings. The van der Waals surface area contributed by atoms with Gasteiger partial charge in [-0.3, -0.25) is 0 Å². The fourth-order valence-corrected chi connectivity index (χ4v) is 1.29. The van der Waals surface area contributed by atoms with Crippen molar-refractivity contribution in [2.24, 2.45) is 5.73 Å². The molecular formula is C8H6ClF4NO. The van der Waals surface area contributed by atoms with Crippen LogP contribution in [0.3, 0.4) is 0 Å². The molecule has 0 radical (unpaired) electrons. The minimum absolute atomic E-state index is 0.432. The summed E-state index contributed by atoms with van der Waals surface area (Å²) in [4.78, 5) is 0. The van der Waals surface area contributed by atoms with Crippen molar-refractivity contribution < 1.29 is 22.7 Å². The van der Waals surface area contributed by atoms with Gasteiger partial charge in [0.05, 0.1) is 0 Å². The Labute approximate surface area is 87.3 Å². The van der Waals surface area contributed by atoms with Crippen molar-refractivity contribution >= 4 is 11.6 Å². The first-order valence-corrected chi connectivity index (χ1v) is 4.12. The maximum Gasteiger partial charge on any atom is 0.407 e. The predicted molar refractivity (Wildman–Crippen MR) is 46.1 cm³/mol. The summed E-state index contributed by atoms with van der Waals surface area (Å²) >= 11 is 5.40. The van der Waals surface area contributed by atoms with E-state index >= 15 is 0 Å². The lowest BCUT2D eigenvalue weighted by atomic mass is 10.1. The van der Waals surface area contributed by atoms with Crippen molar-refractivity contribution in [1.29, 1.82) is 0 Å². The van der Waals surface area contributed by atoms with E-state index in [0.29, 0.717) is 0 Å². The Morgan fingerprint density at radius 2 is 1.87 bits per heavy atom. The van der Waals surface area contributed by atoms with Crippen LogP contribution in [0.15, 0.2) is 12.1 Å². The summed E-state index contributed by atoms with van der Waals surface area (Å²) in [6.07, 6.45) is -4.80. The number of hydrogen-bond acceptors (Lipinski definition) is 2. The van der Waals surface area contributed by atoms with E-state index in [4.69, 9.17) is 22.4 Å². The number of halogens is 5. The van der Waals surface area contributed by atoms with Crippen molar-refractivity contribution in [3.8, 4) is 5.75 Å².